The van der Waals surface area contributed by atoms with Crippen LogP contribution in [0.4, 0.5) is 13.2 Å². The van der Waals surface area contributed by atoms with E-state index in [0.717, 1.165) is 12.8 Å². The van der Waals surface area contributed by atoms with E-state index in [0.29, 0.717) is 17.4 Å². The van der Waals surface area contributed by atoms with Gasteiger partial charge in [-0.25, -0.2) is 0 Å². The van der Waals surface area contributed by atoms with Crippen LogP contribution in [0.1, 0.15) is 33.1 Å². The predicted molar refractivity (Wildman–Crippen MR) is 67.8 cm³/mol. The second-order valence-electron chi connectivity index (χ2n) is 5.22. The Bertz CT molecular complexity index is 354. The number of amides is 2. The van der Waals surface area contributed by atoms with E-state index in [2.05, 4.69) is 5.32 Å². The Morgan fingerprint density at radius 1 is 1.40 bits per heavy atom. The van der Waals surface area contributed by atoms with Crippen molar-refractivity contribution in [2.45, 2.75) is 39.3 Å². The number of rotatable bonds is 6. The highest BCUT2D eigenvalue weighted by Crippen LogP contribution is 2.24. The third kappa shape index (κ3) is 5.02. The minimum atomic E-state index is -4.42. The molecule has 20 heavy (non-hydrogen) atoms. The predicted octanol–water partition coefficient (Wildman–Crippen LogP) is 1.95. The number of carbonyl (C=O) groups is 2. The number of alkyl halides is 3. The summed E-state index contributed by atoms with van der Waals surface area (Å²) in [5, 5.41) is 2.73. The van der Waals surface area contributed by atoms with Crippen LogP contribution in [0, 0.1) is 11.8 Å². The summed E-state index contributed by atoms with van der Waals surface area (Å²) in [7, 11) is 0. The minimum Gasteiger partial charge on any atom is -0.356 e. The summed E-state index contributed by atoms with van der Waals surface area (Å²) in [5.41, 5.74) is 0. The van der Waals surface area contributed by atoms with Crippen molar-refractivity contribution in [3.8, 4) is 0 Å². The van der Waals surface area contributed by atoms with Gasteiger partial charge in [-0.15, -0.1) is 0 Å². The zero-order valence-corrected chi connectivity index (χ0v) is 11.8. The standard InChI is InChI=1S/C13H21F3N2O2/c1-3-9(4-2)6-17-12(20)10-5-11(19)18(7-10)8-13(14,15)16/h9-10H,3-8H2,1-2H3,(H,17,20). The molecule has 0 aliphatic carbocycles. The molecule has 2 amide bonds. The van der Waals surface area contributed by atoms with E-state index in [1.165, 1.54) is 0 Å². The third-order valence-corrected chi connectivity index (χ3v) is 3.68. The Balaban J connectivity index is 2.45. The van der Waals surface area contributed by atoms with E-state index in [4.69, 9.17) is 0 Å². The molecule has 1 unspecified atom stereocenters. The molecule has 4 nitrogen and oxygen atoms in total. The van der Waals surface area contributed by atoms with Crippen molar-refractivity contribution in [2.75, 3.05) is 19.6 Å². The van der Waals surface area contributed by atoms with E-state index in [-0.39, 0.29) is 18.9 Å². The molecular weight excluding hydrogens is 273 g/mol. The monoisotopic (exact) mass is 294 g/mol. The van der Waals surface area contributed by atoms with Crippen molar-refractivity contribution >= 4 is 11.8 Å². The highest BCUT2D eigenvalue weighted by Gasteiger charge is 2.40. The molecule has 0 aromatic rings. The Morgan fingerprint density at radius 3 is 2.50 bits per heavy atom. The molecule has 0 spiro atoms. The lowest BCUT2D eigenvalue weighted by molar-refractivity contribution is -0.157. The highest BCUT2D eigenvalue weighted by atomic mass is 19.4. The van der Waals surface area contributed by atoms with Crippen molar-refractivity contribution in [1.29, 1.82) is 0 Å². The van der Waals surface area contributed by atoms with Gasteiger partial charge in [0.15, 0.2) is 0 Å². The topological polar surface area (TPSA) is 49.4 Å². The van der Waals surface area contributed by atoms with E-state index < -0.39 is 24.5 Å². The Kier molecular flexibility index (Phi) is 5.83. The van der Waals surface area contributed by atoms with Crippen LogP contribution in [0.5, 0.6) is 0 Å². The van der Waals surface area contributed by atoms with E-state index in [1.54, 1.807) is 0 Å². The molecule has 1 heterocycles. The van der Waals surface area contributed by atoms with Crippen molar-refractivity contribution < 1.29 is 22.8 Å². The lowest BCUT2D eigenvalue weighted by Gasteiger charge is -2.19. The van der Waals surface area contributed by atoms with Gasteiger partial charge in [-0.1, -0.05) is 26.7 Å². The first-order chi connectivity index (χ1) is 9.26. The maximum atomic E-state index is 12.3. The number of nitrogens with one attached hydrogen (secondary N) is 1. The summed E-state index contributed by atoms with van der Waals surface area (Å²) in [6.07, 6.45) is -2.69. The molecule has 1 N–H and O–H groups in total. The SMILES string of the molecule is CCC(CC)CNC(=O)C1CC(=O)N(CC(F)(F)F)C1. The van der Waals surface area contributed by atoms with Gasteiger partial charge in [0.05, 0.1) is 5.92 Å². The quantitative estimate of drug-likeness (QED) is 0.814. The molecule has 0 aromatic heterocycles. The third-order valence-electron chi connectivity index (χ3n) is 3.68. The smallest absolute Gasteiger partial charge is 0.356 e. The maximum Gasteiger partial charge on any atom is 0.406 e. The van der Waals surface area contributed by atoms with Crippen LogP contribution in [0.15, 0.2) is 0 Å². The molecule has 1 aliphatic rings. The molecule has 0 aromatic carbocycles. The summed E-state index contributed by atoms with van der Waals surface area (Å²) in [4.78, 5) is 24.0. The molecule has 0 saturated carbocycles. The van der Waals surface area contributed by atoms with Gasteiger partial charge in [-0.3, -0.25) is 9.59 Å². The van der Waals surface area contributed by atoms with Gasteiger partial charge in [0.25, 0.3) is 0 Å². The van der Waals surface area contributed by atoms with Gasteiger partial charge in [0.1, 0.15) is 6.54 Å². The maximum absolute atomic E-state index is 12.3. The van der Waals surface area contributed by atoms with Crippen molar-refractivity contribution in [3.05, 3.63) is 0 Å². The number of nitrogens with zero attached hydrogens (tertiary/aromatic N) is 1. The molecule has 1 fully saturated rings. The highest BCUT2D eigenvalue weighted by molar-refractivity contribution is 5.89. The van der Waals surface area contributed by atoms with E-state index >= 15 is 0 Å². The van der Waals surface area contributed by atoms with Gasteiger partial charge >= 0.3 is 6.18 Å². The van der Waals surface area contributed by atoms with Gasteiger partial charge in [-0.05, 0) is 5.92 Å². The number of carbonyl (C=O) groups excluding carboxylic acids is 2. The molecule has 0 bridgehead atoms. The van der Waals surface area contributed by atoms with Crippen LogP contribution in [-0.4, -0.2) is 42.5 Å². The van der Waals surface area contributed by atoms with Crippen LogP contribution in [0.3, 0.4) is 0 Å². The summed E-state index contributed by atoms with van der Waals surface area (Å²) in [5.74, 6) is -1.23. The molecule has 1 aliphatic heterocycles. The van der Waals surface area contributed by atoms with Gasteiger partial charge in [0.2, 0.25) is 11.8 Å². The number of hydrogen-bond donors (Lipinski definition) is 1. The first kappa shape index (κ1) is 16.8. The zero-order chi connectivity index (χ0) is 15.3. The summed E-state index contributed by atoms with van der Waals surface area (Å²) in [6.45, 7) is 3.13. The first-order valence-corrected chi connectivity index (χ1v) is 6.89. The summed E-state index contributed by atoms with van der Waals surface area (Å²) in [6, 6.07) is 0. The Labute approximate surface area is 116 Å². The Morgan fingerprint density at radius 2 is 2.00 bits per heavy atom. The van der Waals surface area contributed by atoms with Crippen LogP contribution in [0.25, 0.3) is 0 Å². The second kappa shape index (κ2) is 6.95. The lowest BCUT2D eigenvalue weighted by Crippen LogP contribution is -2.38. The fourth-order valence-electron chi connectivity index (χ4n) is 2.28. The van der Waals surface area contributed by atoms with E-state index in [9.17, 15) is 22.8 Å². The molecule has 0 radical (unpaired) electrons. The molecule has 7 heteroatoms. The van der Waals surface area contributed by atoms with Gasteiger partial charge < -0.3 is 10.2 Å². The second-order valence-corrected chi connectivity index (χ2v) is 5.22. The molecule has 1 saturated heterocycles. The van der Waals surface area contributed by atoms with Crippen molar-refractivity contribution in [1.82, 2.24) is 10.2 Å². The Hall–Kier alpha value is -1.27. The largest absolute Gasteiger partial charge is 0.406 e. The van der Waals surface area contributed by atoms with Crippen LogP contribution in [0.2, 0.25) is 0 Å². The van der Waals surface area contributed by atoms with Crippen LogP contribution in [-0.2, 0) is 9.59 Å². The molecule has 1 atom stereocenters. The normalized spacial score (nSPS) is 19.8. The lowest BCUT2D eigenvalue weighted by atomic mass is 10.0. The van der Waals surface area contributed by atoms with Crippen LogP contribution >= 0.6 is 0 Å². The van der Waals surface area contributed by atoms with Crippen LogP contribution < -0.4 is 5.32 Å². The summed E-state index contributed by atoms with van der Waals surface area (Å²) >= 11 is 0. The molecule has 116 valence electrons. The average Bonchev–Trinajstić information content (AvgIpc) is 2.70. The van der Waals surface area contributed by atoms with Crippen molar-refractivity contribution in [2.24, 2.45) is 11.8 Å². The fraction of sp³-hybridized carbons (Fsp3) is 0.846. The molecule has 1 rings (SSSR count). The van der Waals surface area contributed by atoms with Gasteiger partial charge in [0, 0.05) is 19.5 Å². The number of hydrogen-bond acceptors (Lipinski definition) is 2. The number of likely N-dealkylation sites (tertiary alicyclic amines) is 1. The number of halogens is 3. The van der Waals surface area contributed by atoms with Crippen molar-refractivity contribution in [3.63, 3.8) is 0 Å². The zero-order valence-electron chi connectivity index (χ0n) is 11.8. The van der Waals surface area contributed by atoms with E-state index in [1.807, 2.05) is 13.8 Å². The molecular formula is C13H21F3N2O2. The first-order valence-electron chi connectivity index (χ1n) is 6.89. The minimum absolute atomic E-state index is 0.134. The fourth-order valence-corrected chi connectivity index (χ4v) is 2.28. The van der Waals surface area contributed by atoms with Gasteiger partial charge in [-0.2, -0.15) is 13.2 Å². The average molecular weight is 294 g/mol. The summed E-state index contributed by atoms with van der Waals surface area (Å²) < 4.78 is 36.8.